The van der Waals surface area contributed by atoms with Crippen molar-refractivity contribution >= 4 is 11.7 Å². The van der Waals surface area contributed by atoms with Crippen molar-refractivity contribution in [1.29, 1.82) is 0 Å². The van der Waals surface area contributed by atoms with Gasteiger partial charge >= 0.3 is 5.97 Å². The summed E-state index contributed by atoms with van der Waals surface area (Å²) in [5.41, 5.74) is 12.8. The maximum Gasteiger partial charge on any atom is 0.323 e. The number of hydrogen-bond acceptors (Lipinski definition) is 4. The number of esters is 1. The fraction of sp³-hybridized carbons (Fsp3) is 0.417. The van der Waals surface area contributed by atoms with E-state index in [2.05, 4.69) is 0 Å². The van der Waals surface area contributed by atoms with Crippen molar-refractivity contribution in [3.8, 4) is 0 Å². The van der Waals surface area contributed by atoms with E-state index in [0.29, 0.717) is 12.1 Å². The molecule has 0 saturated carbocycles. The van der Waals surface area contributed by atoms with Gasteiger partial charge < -0.3 is 16.2 Å². The molecule has 16 heavy (non-hydrogen) atoms. The van der Waals surface area contributed by atoms with E-state index in [-0.39, 0.29) is 12.6 Å². The van der Waals surface area contributed by atoms with Gasteiger partial charge in [-0.3, -0.25) is 4.79 Å². The van der Waals surface area contributed by atoms with Gasteiger partial charge in [0.15, 0.2) is 0 Å². The number of carbonyl (C=O) groups excluding carboxylic acids is 1. The van der Waals surface area contributed by atoms with Gasteiger partial charge in [-0.05, 0) is 12.5 Å². The monoisotopic (exact) mass is 222 g/mol. The summed E-state index contributed by atoms with van der Waals surface area (Å²) in [6.45, 7) is 2.16. The molecule has 0 fully saturated rings. The summed E-state index contributed by atoms with van der Waals surface area (Å²) in [7, 11) is 0. The molecule has 1 aromatic carbocycles. The number of benzene rings is 1. The molecule has 0 aliphatic carbocycles. The first-order valence-corrected chi connectivity index (χ1v) is 5.40. The van der Waals surface area contributed by atoms with Gasteiger partial charge in [0.1, 0.15) is 12.6 Å². The summed E-state index contributed by atoms with van der Waals surface area (Å²) in [4.78, 5) is 11.4. The number of hydrogen-bond donors (Lipinski definition) is 2. The normalized spacial score (nSPS) is 12.1. The zero-order valence-electron chi connectivity index (χ0n) is 9.48. The minimum Gasteiger partial charge on any atom is -0.460 e. The van der Waals surface area contributed by atoms with E-state index >= 15 is 0 Å². The lowest BCUT2D eigenvalue weighted by Gasteiger charge is -2.11. The molecule has 0 spiro atoms. The van der Waals surface area contributed by atoms with Crippen molar-refractivity contribution in [2.45, 2.75) is 32.4 Å². The molecule has 1 rings (SSSR count). The molecule has 0 radical (unpaired) electrons. The van der Waals surface area contributed by atoms with Crippen LogP contribution in [0.4, 0.5) is 5.69 Å². The summed E-state index contributed by atoms with van der Waals surface area (Å²) in [5.74, 6) is -0.370. The Balaban J connectivity index is 2.46. The van der Waals surface area contributed by atoms with Crippen LogP contribution in [0.1, 0.15) is 25.3 Å². The maximum absolute atomic E-state index is 11.4. The topological polar surface area (TPSA) is 78.3 Å². The predicted molar refractivity (Wildman–Crippen MR) is 63.5 cm³/mol. The molecule has 1 atom stereocenters. The zero-order chi connectivity index (χ0) is 12.0. The average molecular weight is 222 g/mol. The third-order valence-electron chi connectivity index (χ3n) is 2.33. The molecule has 0 unspecified atom stereocenters. The van der Waals surface area contributed by atoms with Crippen LogP contribution in [-0.4, -0.2) is 12.0 Å². The van der Waals surface area contributed by atoms with Gasteiger partial charge in [-0.15, -0.1) is 0 Å². The van der Waals surface area contributed by atoms with Gasteiger partial charge in [0, 0.05) is 11.3 Å². The number of nitrogens with two attached hydrogens (primary N) is 2. The maximum atomic E-state index is 11.4. The van der Waals surface area contributed by atoms with Crippen LogP contribution in [0.25, 0.3) is 0 Å². The molecule has 4 N–H and O–H groups in total. The van der Waals surface area contributed by atoms with E-state index in [1.54, 1.807) is 6.07 Å². The fourth-order valence-electron chi connectivity index (χ4n) is 1.35. The number of anilines is 1. The number of nitrogen functional groups attached to an aromatic ring is 1. The van der Waals surface area contributed by atoms with Crippen LogP contribution in [-0.2, 0) is 16.1 Å². The molecule has 88 valence electrons. The molecule has 0 aliphatic rings. The van der Waals surface area contributed by atoms with E-state index in [0.717, 1.165) is 12.0 Å². The summed E-state index contributed by atoms with van der Waals surface area (Å²) in [6, 6.07) is 6.76. The fourth-order valence-corrected chi connectivity index (χ4v) is 1.35. The predicted octanol–water partition coefficient (Wildman–Crippen LogP) is 1.44. The number of carbonyl (C=O) groups is 1. The molecule has 0 heterocycles. The Kier molecular flexibility index (Phi) is 4.79. The average Bonchev–Trinajstić information content (AvgIpc) is 2.28. The molecular formula is C12H18N2O2. The second-order valence-corrected chi connectivity index (χ2v) is 3.70. The van der Waals surface area contributed by atoms with E-state index in [4.69, 9.17) is 16.2 Å². The minimum atomic E-state index is -0.532. The summed E-state index contributed by atoms with van der Waals surface area (Å²) in [5, 5.41) is 0. The van der Waals surface area contributed by atoms with E-state index in [1.807, 2.05) is 25.1 Å². The Morgan fingerprint density at radius 3 is 2.75 bits per heavy atom. The van der Waals surface area contributed by atoms with E-state index < -0.39 is 6.04 Å². The molecule has 0 aromatic heterocycles. The van der Waals surface area contributed by atoms with Crippen LogP contribution in [0, 0.1) is 0 Å². The van der Waals surface area contributed by atoms with Crippen LogP contribution in [0.2, 0.25) is 0 Å². The zero-order valence-corrected chi connectivity index (χ0v) is 9.48. The van der Waals surface area contributed by atoms with Crippen molar-refractivity contribution in [3.63, 3.8) is 0 Å². The SMILES string of the molecule is CCC[C@H](N)C(=O)OCc1ccccc1N. The second-order valence-electron chi connectivity index (χ2n) is 3.70. The Morgan fingerprint density at radius 1 is 1.44 bits per heavy atom. The molecule has 4 heteroatoms. The third kappa shape index (κ3) is 3.55. The summed E-state index contributed by atoms with van der Waals surface area (Å²) >= 11 is 0. The standard InChI is InChI=1S/C12H18N2O2/c1-2-5-11(14)12(15)16-8-9-6-3-4-7-10(9)13/h3-4,6-7,11H,2,5,8,13-14H2,1H3/t11-/m0/s1. The highest BCUT2D eigenvalue weighted by molar-refractivity contribution is 5.75. The van der Waals surface area contributed by atoms with Crippen LogP contribution >= 0.6 is 0 Å². The van der Waals surface area contributed by atoms with E-state index in [9.17, 15) is 4.79 Å². The lowest BCUT2D eigenvalue weighted by Crippen LogP contribution is -2.31. The first-order valence-electron chi connectivity index (χ1n) is 5.40. The van der Waals surface area contributed by atoms with Crippen molar-refractivity contribution in [1.82, 2.24) is 0 Å². The van der Waals surface area contributed by atoms with Crippen molar-refractivity contribution < 1.29 is 9.53 Å². The lowest BCUT2D eigenvalue weighted by molar-refractivity contribution is -0.146. The van der Waals surface area contributed by atoms with Crippen LogP contribution in [0.15, 0.2) is 24.3 Å². The Labute approximate surface area is 95.6 Å². The van der Waals surface area contributed by atoms with Gasteiger partial charge in [0.25, 0.3) is 0 Å². The van der Waals surface area contributed by atoms with Crippen LogP contribution in [0.5, 0.6) is 0 Å². The van der Waals surface area contributed by atoms with Crippen LogP contribution in [0.3, 0.4) is 0 Å². The first kappa shape index (κ1) is 12.5. The minimum absolute atomic E-state index is 0.183. The van der Waals surface area contributed by atoms with Crippen molar-refractivity contribution in [3.05, 3.63) is 29.8 Å². The lowest BCUT2D eigenvalue weighted by atomic mass is 10.2. The molecule has 0 amide bonds. The highest BCUT2D eigenvalue weighted by Crippen LogP contribution is 2.12. The molecule has 0 aliphatic heterocycles. The summed E-state index contributed by atoms with van der Waals surface area (Å²) in [6.07, 6.45) is 1.51. The summed E-state index contributed by atoms with van der Waals surface area (Å²) < 4.78 is 5.08. The Morgan fingerprint density at radius 2 is 2.12 bits per heavy atom. The molecule has 0 bridgehead atoms. The second kappa shape index (κ2) is 6.12. The van der Waals surface area contributed by atoms with Crippen molar-refractivity contribution in [2.24, 2.45) is 5.73 Å². The highest BCUT2D eigenvalue weighted by Gasteiger charge is 2.13. The van der Waals surface area contributed by atoms with E-state index in [1.165, 1.54) is 0 Å². The number of ether oxygens (including phenoxy) is 1. The smallest absolute Gasteiger partial charge is 0.323 e. The van der Waals surface area contributed by atoms with Gasteiger partial charge in [-0.2, -0.15) is 0 Å². The Hall–Kier alpha value is -1.55. The number of rotatable bonds is 5. The molecular weight excluding hydrogens is 204 g/mol. The number of para-hydroxylation sites is 1. The largest absolute Gasteiger partial charge is 0.460 e. The van der Waals surface area contributed by atoms with Gasteiger partial charge in [-0.1, -0.05) is 31.5 Å². The third-order valence-corrected chi connectivity index (χ3v) is 2.33. The molecule has 0 saturated heterocycles. The van der Waals surface area contributed by atoms with Gasteiger partial charge in [-0.25, -0.2) is 0 Å². The van der Waals surface area contributed by atoms with Gasteiger partial charge in [0.05, 0.1) is 0 Å². The van der Waals surface area contributed by atoms with Gasteiger partial charge in [0.2, 0.25) is 0 Å². The molecule has 1 aromatic rings. The molecule has 4 nitrogen and oxygen atoms in total. The van der Waals surface area contributed by atoms with Crippen LogP contribution < -0.4 is 11.5 Å². The Bertz CT molecular complexity index is 353. The highest BCUT2D eigenvalue weighted by atomic mass is 16.5. The first-order chi connectivity index (χ1) is 7.65. The quantitative estimate of drug-likeness (QED) is 0.583. The van der Waals surface area contributed by atoms with Crippen molar-refractivity contribution in [2.75, 3.05) is 5.73 Å².